The van der Waals surface area contributed by atoms with E-state index in [-0.39, 0.29) is 5.91 Å². The summed E-state index contributed by atoms with van der Waals surface area (Å²) in [7, 11) is 1.61. The number of fused-ring (bicyclic) bond motifs is 1. The maximum atomic E-state index is 13.3. The summed E-state index contributed by atoms with van der Waals surface area (Å²) in [5, 5.41) is 0.805. The predicted molar refractivity (Wildman–Crippen MR) is 132 cm³/mol. The second kappa shape index (κ2) is 9.83. The average Bonchev–Trinajstić information content (AvgIpc) is 2.90. The molecule has 3 aromatic carbocycles. The maximum Gasteiger partial charge on any atom is 0.266 e. The van der Waals surface area contributed by atoms with Gasteiger partial charge in [-0.3, -0.25) is 9.79 Å². The predicted octanol–water partition coefficient (Wildman–Crippen LogP) is 5.07. The minimum atomic E-state index is -1.12. The van der Waals surface area contributed by atoms with Crippen LogP contribution >= 0.6 is 23.2 Å². The van der Waals surface area contributed by atoms with Crippen LogP contribution in [0.3, 0.4) is 0 Å². The van der Waals surface area contributed by atoms with Gasteiger partial charge in [-0.05, 0) is 42.8 Å². The number of amides is 1. The van der Waals surface area contributed by atoms with Gasteiger partial charge in [0.1, 0.15) is 11.5 Å². The quantitative estimate of drug-likeness (QED) is 0.530. The number of hydrogen-bond donors (Lipinski definition) is 1. The highest BCUT2D eigenvalue weighted by molar-refractivity contribution is 6.39. The third-order valence-corrected chi connectivity index (χ3v) is 5.81. The van der Waals surface area contributed by atoms with Gasteiger partial charge < -0.3 is 20.1 Å². The van der Waals surface area contributed by atoms with E-state index in [4.69, 9.17) is 38.4 Å². The zero-order valence-corrected chi connectivity index (χ0v) is 19.7. The lowest BCUT2D eigenvalue weighted by Gasteiger charge is -2.24. The molecule has 0 spiro atoms. The third kappa shape index (κ3) is 4.69. The van der Waals surface area contributed by atoms with Crippen LogP contribution in [0.15, 0.2) is 65.7 Å². The molecule has 1 heterocycles. The van der Waals surface area contributed by atoms with Crippen LogP contribution < -0.4 is 20.1 Å². The molecule has 1 aliphatic heterocycles. The van der Waals surface area contributed by atoms with E-state index in [0.29, 0.717) is 45.9 Å². The number of methoxy groups -OCH3 is 1. The molecule has 0 saturated carbocycles. The van der Waals surface area contributed by atoms with Crippen molar-refractivity contribution in [2.75, 3.05) is 18.6 Å². The van der Waals surface area contributed by atoms with Gasteiger partial charge in [0.05, 0.1) is 42.2 Å². The average molecular weight is 484 g/mol. The van der Waals surface area contributed by atoms with E-state index < -0.39 is 6.17 Å². The lowest BCUT2D eigenvalue weighted by molar-refractivity contribution is -0.119. The van der Waals surface area contributed by atoms with Gasteiger partial charge in [-0.15, -0.1) is 0 Å². The van der Waals surface area contributed by atoms with E-state index in [1.807, 2.05) is 55.5 Å². The first-order valence-electron chi connectivity index (χ1n) is 10.4. The lowest BCUT2D eigenvalue weighted by atomic mass is 9.99. The zero-order chi connectivity index (χ0) is 23.5. The molecule has 0 saturated heterocycles. The van der Waals surface area contributed by atoms with E-state index in [1.54, 1.807) is 24.1 Å². The molecule has 0 radical (unpaired) electrons. The fourth-order valence-electron chi connectivity index (χ4n) is 3.78. The molecule has 3 aromatic rings. The first-order valence-corrected chi connectivity index (χ1v) is 11.2. The largest absolute Gasteiger partial charge is 0.497 e. The molecule has 2 N–H and O–H groups in total. The van der Waals surface area contributed by atoms with Crippen LogP contribution in [0.25, 0.3) is 0 Å². The summed E-state index contributed by atoms with van der Waals surface area (Å²) in [6.45, 7) is 2.60. The summed E-state index contributed by atoms with van der Waals surface area (Å²) in [6, 6.07) is 18.4. The SMILES string of the molecule is CCOc1cc(Cl)cc(Cl)c1C1=NC(N)C(=O)N(Cc2ccc(OC)cc2)c2ccccc21. The van der Waals surface area contributed by atoms with Crippen LogP contribution in [0, 0.1) is 0 Å². The number of carbonyl (C=O) groups excluding carboxylic acids is 1. The van der Waals surface area contributed by atoms with Crippen LogP contribution in [0.1, 0.15) is 23.6 Å². The highest BCUT2D eigenvalue weighted by atomic mass is 35.5. The van der Waals surface area contributed by atoms with Crippen LogP contribution in [0.4, 0.5) is 5.69 Å². The van der Waals surface area contributed by atoms with Crippen molar-refractivity contribution >= 4 is 40.5 Å². The summed E-state index contributed by atoms with van der Waals surface area (Å²) in [4.78, 5) is 19.6. The summed E-state index contributed by atoms with van der Waals surface area (Å²) >= 11 is 12.8. The van der Waals surface area contributed by atoms with Crippen molar-refractivity contribution in [2.45, 2.75) is 19.6 Å². The first-order chi connectivity index (χ1) is 15.9. The minimum absolute atomic E-state index is 0.322. The number of para-hydroxylation sites is 1. The molecule has 6 nitrogen and oxygen atoms in total. The third-order valence-electron chi connectivity index (χ3n) is 5.29. The Morgan fingerprint density at radius 1 is 1.09 bits per heavy atom. The fraction of sp³-hybridized carbons (Fsp3) is 0.200. The number of carbonyl (C=O) groups is 1. The summed E-state index contributed by atoms with van der Waals surface area (Å²) in [5.41, 5.74) is 9.62. The van der Waals surface area contributed by atoms with Crippen molar-refractivity contribution in [3.8, 4) is 11.5 Å². The number of rotatable bonds is 6. The van der Waals surface area contributed by atoms with Crippen molar-refractivity contribution < 1.29 is 14.3 Å². The molecular formula is C25H23Cl2N3O3. The number of hydrogen-bond acceptors (Lipinski definition) is 5. The van der Waals surface area contributed by atoms with Gasteiger partial charge in [-0.2, -0.15) is 0 Å². The van der Waals surface area contributed by atoms with E-state index >= 15 is 0 Å². The minimum Gasteiger partial charge on any atom is -0.497 e. The Labute approximate surface area is 202 Å². The zero-order valence-electron chi connectivity index (χ0n) is 18.2. The number of benzodiazepines with no additional fused rings is 1. The molecular weight excluding hydrogens is 461 g/mol. The van der Waals surface area contributed by atoms with Gasteiger partial charge in [-0.1, -0.05) is 53.5 Å². The van der Waals surface area contributed by atoms with Gasteiger partial charge in [0.25, 0.3) is 5.91 Å². The molecule has 170 valence electrons. The topological polar surface area (TPSA) is 77.2 Å². The molecule has 8 heteroatoms. The smallest absolute Gasteiger partial charge is 0.266 e. The van der Waals surface area contributed by atoms with E-state index in [0.717, 1.165) is 16.9 Å². The molecule has 33 heavy (non-hydrogen) atoms. The van der Waals surface area contributed by atoms with E-state index in [9.17, 15) is 4.79 Å². The number of nitrogens with zero attached hydrogens (tertiary/aromatic N) is 2. The normalized spacial score (nSPS) is 15.5. The van der Waals surface area contributed by atoms with E-state index in [1.165, 1.54) is 0 Å². The number of ether oxygens (including phenoxy) is 2. The van der Waals surface area contributed by atoms with Crippen molar-refractivity contribution in [1.82, 2.24) is 0 Å². The van der Waals surface area contributed by atoms with Gasteiger partial charge in [0.15, 0.2) is 6.17 Å². The summed E-state index contributed by atoms with van der Waals surface area (Å²) in [6.07, 6.45) is -1.12. The molecule has 0 aliphatic carbocycles. The Hall–Kier alpha value is -3.06. The molecule has 0 fully saturated rings. The Morgan fingerprint density at radius 3 is 2.52 bits per heavy atom. The Bertz CT molecular complexity index is 1210. The molecule has 1 aliphatic rings. The Balaban J connectivity index is 1.85. The van der Waals surface area contributed by atoms with Crippen LogP contribution in [-0.2, 0) is 11.3 Å². The summed E-state index contributed by atoms with van der Waals surface area (Å²) < 4.78 is 11.0. The van der Waals surface area contributed by atoms with Crippen molar-refractivity contribution in [3.63, 3.8) is 0 Å². The highest BCUT2D eigenvalue weighted by Crippen LogP contribution is 2.37. The molecule has 0 bridgehead atoms. The van der Waals surface area contributed by atoms with E-state index in [2.05, 4.69) is 4.99 Å². The first kappa shape index (κ1) is 23.1. The second-order valence-corrected chi connectivity index (χ2v) is 8.25. The fourth-order valence-corrected chi connectivity index (χ4v) is 4.34. The van der Waals surface area contributed by atoms with Crippen LogP contribution in [0.2, 0.25) is 10.0 Å². The van der Waals surface area contributed by atoms with Gasteiger partial charge in [0, 0.05) is 10.6 Å². The van der Waals surface area contributed by atoms with Crippen LogP contribution in [-0.4, -0.2) is 31.5 Å². The molecule has 1 atom stereocenters. The Morgan fingerprint density at radius 2 is 1.82 bits per heavy atom. The number of nitrogens with two attached hydrogens (primary N) is 1. The molecule has 1 amide bonds. The van der Waals surface area contributed by atoms with Crippen molar-refractivity contribution in [1.29, 1.82) is 0 Å². The second-order valence-electron chi connectivity index (χ2n) is 7.41. The van der Waals surface area contributed by atoms with Crippen molar-refractivity contribution in [3.05, 3.63) is 87.4 Å². The van der Waals surface area contributed by atoms with Crippen LogP contribution in [0.5, 0.6) is 11.5 Å². The lowest BCUT2D eigenvalue weighted by Crippen LogP contribution is -2.41. The Kier molecular flexibility index (Phi) is 6.88. The number of halogens is 2. The number of anilines is 1. The highest BCUT2D eigenvalue weighted by Gasteiger charge is 2.32. The van der Waals surface area contributed by atoms with Crippen molar-refractivity contribution in [2.24, 2.45) is 10.7 Å². The standard InChI is InChI=1S/C25H23Cl2N3O3/c1-3-33-21-13-16(26)12-19(27)22(21)23-18-6-4-5-7-20(18)30(25(31)24(28)29-23)14-15-8-10-17(32-2)11-9-15/h4-13,24H,3,14,28H2,1-2H3. The number of aliphatic imine (C=N–C) groups is 1. The van der Waals surface area contributed by atoms with Gasteiger partial charge in [0.2, 0.25) is 0 Å². The van der Waals surface area contributed by atoms with Gasteiger partial charge in [-0.25, -0.2) is 0 Å². The molecule has 4 rings (SSSR count). The van der Waals surface area contributed by atoms with Gasteiger partial charge >= 0.3 is 0 Å². The maximum absolute atomic E-state index is 13.3. The molecule has 0 aromatic heterocycles. The monoisotopic (exact) mass is 483 g/mol. The number of benzene rings is 3. The summed E-state index contributed by atoms with van der Waals surface area (Å²) in [5.74, 6) is 0.896. The molecule has 1 unspecified atom stereocenters.